The van der Waals surface area contributed by atoms with Crippen LogP contribution in [-0.4, -0.2) is 17.1 Å². The van der Waals surface area contributed by atoms with Crippen molar-refractivity contribution >= 4 is 34.9 Å². The molecule has 0 aliphatic carbocycles. The van der Waals surface area contributed by atoms with Crippen LogP contribution >= 0.6 is 23.2 Å². The Morgan fingerprint density at radius 2 is 2.00 bits per heavy atom. The molecule has 0 saturated heterocycles. The molecule has 0 fully saturated rings. The molecule has 5 heteroatoms. The van der Waals surface area contributed by atoms with Crippen LogP contribution in [0.5, 0.6) is 0 Å². The summed E-state index contributed by atoms with van der Waals surface area (Å²) in [4.78, 5) is 10.8. The molecule has 0 aliphatic rings. The molecule has 0 bridgehead atoms. The number of benzene rings is 1. The molecule has 0 aromatic heterocycles. The second-order valence-electron chi connectivity index (χ2n) is 3.68. The second kappa shape index (κ2) is 5.41. The lowest BCUT2D eigenvalue weighted by Gasteiger charge is -2.19. The van der Waals surface area contributed by atoms with Gasteiger partial charge in [0.25, 0.3) is 0 Å². The minimum absolute atomic E-state index is 0.212. The molecule has 0 radical (unpaired) electrons. The van der Waals surface area contributed by atoms with E-state index in [9.17, 15) is 4.79 Å². The smallest absolute Gasteiger partial charge is 0.308 e. The predicted molar refractivity (Wildman–Crippen MR) is 66.3 cm³/mol. The molecule has 0 saturated carbocycles. The first kappa shape index (κ1) is 13.1. The number of carboxylic acid groups (broad SMARTS) is 1. The Balaban J connectivity index is 2.77. The lowest BCUT2D eigenvalue weighted by molar-refractivity contribution is -0.141. The number of hydrogen-bond donors (Lipinski definition) is 2. The van der Waals surface area contributed by atoms with Crippen LogP contribution in [0.4, 0.5) is 5.69 Å². The number of nitrogens with one attached hydrogen (secondary N) is 1. The topological polar surface area (TPSA) is 49.3 Å². The van der Waals surface area contributed by atoms with Crippen LogP contribution in [0.2, 0.25) is 10.0 Å². The summed E-state index contributed by atoms with van der Waals surface area (Å²) in [6, 6.07) is 4.84. The highest BCUT2D eigenvalue weighted by Gasteiger charge is 2.19. The Labute approximate surface area is 104 Å². The molecule has 3 nitrogen and oxygen atoms in total. The summed E-state index contributed by atoms with van der Waals surface area (Å²) in [5.74, 6) is -1.34. The van der Waals surface area contributed by atoms with Gasteiger partial charge in [0.15, 0.2) is 0 Å². The average Bonchev–Trinajstić information content (AvgIpc) is 2.20. The fourth-order valence-corrected chi connectivity index (χ4v) is 1.65. The van der Waals surface area contributed by atoms with Crippen molar-refractivity contribution in [2.75, 3.05) is 5.32 Å². The summed E-state index contributed by atoms with van der Waals surface area (Å²) in [5, 5.41) is 12.9. The summed E-state index contributed by atoms with van der Waals surface area (Å²) < 4.78 is 0. The fourth-order valence-electron chi connectivity index (χ4n) is 1.19. The number of hydrogen-bond acceptors (Lipinski definition) is 2. The summed E-state index contributed by atoms with van der Waals surface area (Å²) in [6.07, 6.45) is 0. The van der Waals surface area contributed by atoms with Crippen molar-refractivity contribution in [3.63, 3.8) is 0 Å². The zero-order valence-corrected chi connectivity index (χ0v) is 10.5. The third-order valence-electron chi connectivity index (χ3n) is 2.45. The Morgan fingerprint density at radius 1 is 1.38 bits per heavy atom. The SMILES string of the molecule is CC(Nc1ccc(Cl)cc1Cl)C(C)C(=O)O. The molecule has 0 aliphatic heterocycles. The lowest BCUT2D eigenvalue weighted by Crippen LogP contribution is -2.29. The van der Waals surface area contributed by atoms with Gasteiger partial charge in [-0.05, 0) is 32.0 Å². The highest BCUT2D eigenvalue weighted by atomic mass is 35.5. The maximum Gasteiger partial charge on any atom is 0.308 e. The maximum atomic E-state index is 10.8. The maximum absolute atomic E-state index is 10.8. The molecule has 0 heterocycles. The molecule has 0 amide bonds. The summed E-state index contributed by atoms with van der Waals surface area (Å²) in [7, 11) is 0. The van der Waals surface area contributed by atoms with Crippen LogP contribution in [0.1, 0.15) is 13.8 Å². The van der Waals surface area contributed by atoms with Crippen molar-refractivity contribution in [3.05, 3.63) is 28.2 Å². The van der Waals surface area contributed by atoms with Gasteiger partial charge in [0.2, 0.25) is 0 Å². The minimum Gasteiger partial charge on any atom is -0.481 e. The second-order valence-corrected chi connectivity index (χ2v) is 4.53. The van der Waals surface area contributed by atoms with E-state index in [2.05, 4.69) is 5.32 Å². The molecule has 16 heavy (non-hydrogen) atoms. The van der Waals surface area contributed by atoms with Crippen LogP contribution in [0, 0.1) is 5.92 Å². The molecule has 1 rings (SSSR count). The molecule has 88 valence electrons. The van der Waals surface area contributed by atoms with Crippen LogP contribution < -0.4 is 5.32 Å². The van der Waals surface area contributed by atoms with Crippen molar-refractivity contribution < 1.29 is 9.90 Å². The van der Waals surface area contributed by atoms with Crippen molar-refractivity contribution in [2.24, 2.45) is 5.92 Å². The summed E-state index contributed by atoms with van der Waals surface area (Å²) >= 11 is 11.7. The van der Waals surface area contributed by atoms with E-state index in [4.69, 9.17) is 28.3 Å². The lowest BCUT2D eigenvalue weighted by atomic mass is 10.0. The van der Waals surface area contributed by atoms with E-state index in [1.54, 1.807) is 32.0 Å². The predicted octanol–water partition coefficient (Wildman–Crippen LogP) is 3.51. The monoisotopic (exact) mass is 261 g/mol. The Morgan fingerprint density at radius 3 is 2.50 bits per heavy atom. The molecule has 1 aromatic carbocycles. The zero-order valence-electron chi connectivity index (χ0n) is 9.00. The van der Waals surface area contributed by atoms with Gasteiger partial charge in [0.05, 0.1) is 16.6 Å². The molecular weight excluding hydrogens is 249 g/mol. The van der Waals surface area contributed by atoms with Crippen LogP contribution in [0.3, 0.4) is 0 Å². The standard InChI is InChI=1S/C11H13Cl2NO2/c1-6(11(15)16)7(2)14-10-4-3-8(12)5-9(10)13/h3-7,14H,1-2H3,(H,15,16). The Kier molecular flexibility index (Phi) is 4.44. The molecule has 1 aromatic rings. The van der Waals surface area contributed by atoms with Crippen LogP contribution in [0.15, 0.2) is 18.2 Å². The first-order chi connectivity index (χ1) is 7.41. The van der Waals surface area contributed by atoms with E-state index in [0.717, 1.165) is 0 Å². The number of aliphatic carboxylic acids is 1. The van der Waals surface area contributed by atoms with Gasteiger partial charge in [-0.15, -0.1) is 0 Å². The minimum atomic E-state index is -0.843. The highest BCUT2D eigenvalue weighted by molar-refractivity contribution is 6.36. The van der Waals surface area contributed by atoms with Crippen molar-refractivity contribution in [2.45, 2.75) is 19.9 Å². The highest BCUT2D eigenvalue weighted by Crippen LogP contribution is 2.26. The number of anilines is 1. The number of rotatable bonds is 4. The van der Waals surface area contributed by atoms with E-state index in [-0.39, 0.29) is 6.04 Å². The average molecular weight is 262 g/mol. The van der Waals surface area contributed by atoms with Crippen molar-refractivity contribution in [3.8, 4) is 0 Å². The van der Waals surface area contributed by atoms with Crippen molar-refractivity contribution in [1.29, 1.82) is 0 Å². The van der Waals surface area contributed by atoms with Gasteiger partial charge in [-0.2, -0.15) is 0 Å². The first-order valence-electron chi connectivity index (χ1n) is 4.86. The normalized spacial score (nSPS) is 14.2. The van der Waals surface area contributed by atoms with E-state index < -0.39 is 11.9 Å². The van der Waals surface area contributed by atoms with Crippen LogP contribution in [0.25, 0.3) is 0 Å². The molecule has 0 spiro atoms. The van der Waals surface area contributed by atoms with E-state index >= 15 is 0 Å². The quantitative estimate of drug-likeness (QED) is 0.872. The van der Waals surface area contributed by atoms with Gasteiger partial charge >= 0.3 is 5.97 Å². The molecule has 2 unspecified atom stereocenters. The molecular formula is C11H13Cl2NO2. The van der Waals surface area contributed by atoms with Crippen LogP contribution in [-0.2, 0) is 4.79 Å². The first-order valence-corrected chi connectivity index (χ1v) is 5.62. The van der Waals surface area contributed by atoms with Crippen molar-refractivity contribution in [1.82, 2.24) is 0 Å². The van der Waals surface area contributed by atoms with E-state index in [1.807, 2.05) is 0 Å². The van der Waals surface area contributed by atoms with Gasteiger partial charge in [-0.1, -0.05) is 23.2 Å². The number of carboxylic acids is 1. The summed E-state index contributed by atoms with van der Waals surface area (Å²) in [5.41, 5.74) is 0.687. The van der Waals surface area contributed by atoms with Gasteiger partial charge in [-0.25, -0.2) is 0 Å². The number of carbonyl (C=O) groups is 1. The summed E-state index contributed by atoms with van der Waals surface area (Å²) in [6.45, 7) is 3.44. The van der Waals surface area contributed by atoms with E-state index in [1.165, 1.54) is 0 Å². The zero-order chi connectivity index (χ0) is 12.3. The van der Waals surface area contributed by atoms with Gasteiger partial charge < -0.3 is 10.4 Å². The third kappa shape index (κ3) is 3.29. The largest absolute Gasteiger partial charge is 0.481 e. The third-order valence-corrected chi connectivity index (χ3v) is 3.00. The van der Waals surface area contributed by atoms with E-state index in [0.29, 0.717) is 15.7 Å². The number of halogens is 2. The van der Waals surface area contributed by atoms with Gasteiger partial charge in [0.1, 0.15) is 0 Å². The molecule has 2 atom stereocenters. The Hall–Kier alpha value is -0.930. The van der Waals surface area contributed by atoms with Gasteiger partial charge in [-0.3, -0.25) is 4.79 Å². The molecule has 2 N–H and O–H groups in total. The van der Waals surface area contributed by atoms with Gasteiger partial charge in [0, 0.05) is 11.1 Å². The Bertz CT molecular complexity index is 396. The fraction of sp³-hybridized carbons (Fsp3) is 0.364.